The minimum Gasteiger partial charge on any atom is -0.494 e. The van der Waals surface area contributed by atoms with Crippen LogP contribution in [0, 0.1) is 0 Å². The number of amides is 1. The largest absolute Gasteiger partial charge is 0.494 e. The summed E-state index contributed by atoms with van der Waals surface area (Å²) in [6, 6.07) is 26.8. The number of aliphatic hydroxyl groups is 1. The molecule has 4 rings (SSSR count). The van der Waals surface area contributed by atoms with Crippen molar-refractivity contribution in [2.45, 2.75) is 30.8 Å². The van der Waals surface area contributed by atoms with Gasteiger partial charge in [0.1, 0.15) is 5.75 Å². The molecular weight excluding hydrogens is 498 g/mol. The van der Waals surface area contributed by atoms with Crippen LogP contribution < -0.4 is 15.6 Å². The Kier molecular flexibility index (Phi) is 10.0. The Balaban J connectivity index is 1.70. The zero-order valence-electron chi connectivity index (χ0n) is 22.2. The zero-order chi connectivity index (χ0) is 27.5. The number of methoxy groups -OCH3 is 2. The Bertz CT molecular complexity index is 1200. The van der Waals surface area contributed by atoms with E-state index in [1.165, 1.54) is 14.2 Å². The molecular formula is C30H35N3O6. The van der Waals surface area contributed by atoms with Gasteiger partial charge in [0.25, 0.3) is 5.91 Å². The molecule has 1 amide bonds. The van der Waals surface area contributed by atoms with E-state index in [2.05, 4.69) is 10.9 Å². The van der Waals surface area contributed by atoms with Crippen LogP contribution >= 0.6 is 0 Å². The molecule has 1 heterocycles. The molecule has 0 radical (unpaired) electrons. The number of carbonyl (C=O) groups excluding carboxylic acids is 1. The van der Waals surface area contributed by atoms with Gasteiger partial charge in [0.05, 0.1) is 13.2 Å². The van der Waals surface area contributed by atoms with Crippen molar-refractivity contribution < 1.29 is 28.8 Å². The first-order chi connectivity index (χ1) is 19.1. The third kappa shape index (κ3) is 7.01. The van der Waals surface area contributed by atoms with E-state index < -0.39 is 17.9 Å². The van der Waals surface area contributed by atoms with Crippen molar-refractivity contribution in [2.24, 2.45) is 4.99 Å². The number of aliphatic imine (C=N–C) groups is 1. The molecule has 9 heteroatoms. The van der Waals surface area contributed by atoms with Crippen molar-refractivity contribution in [1.82, 2.24) is 10.9 Å². The van der Waals surface area contributed by atoms with E-state index in [-0.39, 0.29) is 19.1 Å². The third-order valence-corrected chi connectivity index (χ3v) is 6.45. The van der Waals surface area contributed by atoms with Crippen LogP contribution in [0.25, 0.3) is 0 Å². The predicted octanol–water partition coefficient (Wildman–Crippen LogP) is 3.19. The Morgan fingerprint density at radius 1 is 1.00 bits per heavy atom. The van der Waals surface area contributed by atoms with Crippen molar-refractivity contribution in [3.05, 3.63) is 102 Å². The molecule has 0 aromatic heterocycles. The lowest BCUT2D eigenvalue weighted by molar-refractivity contribution is -0.131. The average Bonchev–Trinajstić information content (AvgIpc) is 3.37. The second kappa shape index (κ2) is 13.9. The number of hydrogen-bond acceptors (Lipinski definition) is 8. The second-order valence-corrected chi connectivity index (χ2v) is 9.10. The highest BCUT2D eigenvalue weighted by Crippen LogP contribution is 2.42. The molecule has 3 aromatic rings. The topological polar surface area (TPSA) is 111 Å². The Morgan fingerprint density at radius 2 is 1.67 bits per heavy atom. The number of benzene rings is 3. The summed E-state index contributed by atoms with van der Waals surface area (Å²) in [5, 5.41) is 8.99. The highest BCUT2D eigenvalue weighted by molar-refractivity contribution is 6.01. The standard InChI is InChI=1S/C30H35N3O6/c1-36-26(37-2)21-31-33-29(35)30(20-22-10-5-3-6-11-22)27(23-12-7-4-8-13-23)39-28(32-30)24-14-16-25(17-15-24)38-19-9-18-34/h3-8,10-17,26-27,31,34H,9,18-21H2,1-2H3,(H,33,35)/t27-,30-/m0/s1. The monoisotopic (exact) mass is 533 g/mol. The fourth-order valence-corrected chi connectivity index (χ4v) is 4.40. The third-order valence-electron chi connectivity index (χ3n) is 6.45. The van der Waals surface area contributed by atoms with Crippen LogP contribution in [0.1, 0.15) is 29.2 Å². The molecule has 1 aliphatic rings. The van der Waals surface area contributed by atoms with Crippen molar-refractivity contribution in [2.75, 3.05) is 34.0 Å². The summed E-state index contributed by atoms with van der Waals surface area (Å²) in [7, 11) is 3.06. The molecule has 0 saturated heterocycles. The summed E-state index contributed by atoms with van der Waals surface area (Å²) in [5.41, 5.74) is 6.93. The van der Waals surface area contributed by atoms with Gasteiger partial charge < -0.3 is 24.1 Å². The van der Waals surface area contributed by atoms with Gasteiger partial charge in [-0.15, -0.1) is 0 Å². The molecule has 3 N–H and O–H groups in total. The molecule has 0 fully saturated rings. The van der Waals surface area contributed by atoms with Gasteiger partial charge in [-0.2, -0.15) is 0 Å². The van der Waals surface area contributed by atoms with E-state index in [1.807, 2.05) is 84.9 Å². The lowest BCUT2D eigenvalue weighted by Gasteiger charge is -2.31. The maximum absolute atomic E-state index is 14.0. The smallest absolute Gasteiger partial charge is 0.266 e. The Morgan fingerprint density at radius 3 is 2.31 bits per heavy atom. The molecule has 9 nitrogen and oxygen atoms in total. The molecule has 1 aliphatic heterocycles. The molecule has 2 atom stereocenters. The Hall–Kier alpha value is -3.76. The van der Waals surface area contributed by atoms with Crippen molar-refractivity contribution >= 4 is 11.8 Å². The zero-order valence-corrected chi connectivity index (χ0v) is 22.2. The fourth-order valence-electron chi connectivity index (χ4n) is 4.40. The van der Waals surface area contributed by atoms with E-state index in [0.29, 0.717) is 31.1 Å². The number of carbonyl (C=O) groups is 1. The van der Waals surface area contributed by atoms with E-state index in [4.69, 9.17) is 29.0 Å². The van der Waals surface area contributed by atoms with Gasteiger partial charge in [0.2, 0.25) is 5.90 Å². The maximum atomic E-state index is 14.0. The first kappa shape index (κ1) is 28.3. The van der Waals surface area contributed by atoms with E-state index in [1.54, 1.807) is 0 Å². The van der Waals surface area contributed by atoms with Gasteiger partial charge in [-0.3, -0.25) is 10.2 Å². The van der Waals surface area contributed by atoms with Crippen LogP contribution in [-0.2, 0) is 25.4 Å². The van der Waals surface area contributed by atoms with Crippen LogP contribution in [-0.4, -0.2) is 62.7 Å². The van der Waals surface area contributed by atoms with Gasteiger partial charge in [0.15, 0.2) is 17.9 Å². The van der Waals surface area contributed by atoms with Gasteiger partial charge in [-0.25, -0.2) is 10.4 Å². The van der Waals surface area contributed by atoms with Gasteiger partial charge >= 0.3 is 0 Å². The number of hydrazine groups is 1. The molecule has 3 aromatic carbocycles. The molecule has 0 aliphatic carbocycles. The number of rotatable bonds is 14. The summed E-state index contributed by atoms with van der Waals surface area (Å²) in [5.74, 6) is 0.697. The second-order valence-electron chi connectivity index (χ2n) is 9.10. The molecule has 0 bridgehead atoms. The van der Waals surface area contributed by atoms with Crippen molar-refractivity contribution in [1.29, 1.82) is 0 Å². The quantitative estimate of drug-likeness (QED) is 0.166. The number of hydrogen-bond donors (Lipinski definition) is 3. The first-order valence-electron chi connectivity index (χ1n) is 12.9. The van der Waals surface area contributed by atoms with E-state index in [0.717, 1.165) is 16.7 Å². The molecule has 0 unspecified atom stereocenters. The summed E-state index contributed by atoms with van der Waals surface area (Å²) < 4.78 is 22.6. The van der Waals surface area contributed by atoms with Crippen LogP contribution in [0.3, 0.4) is 0 Å². The van der Waals surface area contributed by atoms with Crippen LogP contribution in [0.5, 0.6) is 5.75 Å². The number of nitrogens with one attached hydrogen (secondary N) is 2. The number of ether oxygens (including phenoxy) is 4. The van der Waals surface area contributed by atoms with Gasteiger partial charge in [0, 0.05) is 39.2 Å². The number of aliphatic hydroxyl groups excluding tert-OH is 1. The first-order valence-corrected chi connectivity index (χ1v) is 12.9. The summed E-state index contributed by atoms with van der Waals surface area (Å²) in [6.07, 6.45) is -0.351. The van der Waals surface area contributed by atoms with Crippen LogP contribution in [0.2, 0.25) is 0 Å². The predicted molar refractivity (Wildman–Crippen MR) is 147 cm³/mol. The molecule has 206 valence electrons. The Labute approximate surface area is 228 Å². The fraction of sp³-hybridized carbons (Fsp3) is 0.333. The molecule has 0 saturated carbocycles. The highest BCUT2D eigenvalue weighted by atomic mass is 16.7. The normalized spacial score (nSPS) is 18.5. The molecule has 39 heavy (non-hydrogen) atoms. The van der Waals surface area contributed by atoms with Crippen molar-refractivity contribution in [3.8, 4) is 5.75 Å². The maximum Gasteiger partial charge on any atom is 0.266 e. The van der Waals surface area contributed by atoms with Crippen molar-refractivity contribution in [3.63, 3.8) is 0 Å². The minimum absolute atomic E-state index is 0.0710. The van der Waals surface area contributed by atoms with Gasteiger partial charge in [-0.05, 0) is 35.4 Å². The van der Waals surface area contributed by atoms with E-state index in [9.17, 15) is 4.79 Å². The van der Waals surface area contributed by atoms with Gasteiger partial charge in [-0.1, -0.05) is 60.7 Å². The lowest BCUT2D eigenvalue weighted by atomic mass is 9.82. The summed E-state index contributed by atoms with van der Waals surface area (Å²) in [6.45, 7) is 0.733. The lowest BCUT2D eigenvalue weighted by Crippen LogP contribution is -2.55. The number of nitrogens with zero attached hydrogens (tertiary/aromatic N) is 1. The van der Waals surface area contributed by atoms with E-state index >= 15 is 0 Å². The SMILES string of the molecule is COC(CNNC(=O)[C@@]1(Cc2ccccc2)N=C(c2ccc(OCCCO)cc2)O[C@H]1c1ccccc1)OC. The summed E-state index contributed by atoms with van der Waals surface area (Å²) in [4.78, 5) is 19.0. The minimum atomic E-state index is -1.31. The van der Waals surface area contributed by atoms with Crippen LogP contribution in [0.15, 0.2) is 89.9 Å². The molecule has 0 spiro atoms. The average molecular weight is 534 g/mol. The van der Waals surface area contributed by atoms with Crippen LogP contribution in [0.4, 0.5) is 0 Å². The summed E-state index contributed by atoms with van der Waals surface area (Å²) >= 11 is 0. The highest BCUT2D eigenvalue weighted by Gasteiger charge is 2.53.